The largest absolute Gasteiger partial charge is 0.448 e. The van der Waals surface area contributed by atoms with Crippen LogP contribution in [0.2, 0.25) is 0 Å². The number of amides is 1. The summed E-state index contributed by atoms with van der Waals surface area (Å²) in [4.78, 5) is 35.0. The van der Waals surface area contributed by atoms with E-state index in [9.17, 15) is 19.7 Å². The number of anilines is 1. The minimum absolute atomic E-state index is 0.0502. The molecule has 1 aromatic heterocycles. The van der Waals surface area contributed by atoms with Crippen molar-refractivity contribution in [2.75, 3.05) is 5.32 Å². The first kappa shape index (κ1) is 17.6. The van der Waals surface area contributed by atoms with Crippen molar-refractivity contribution in [3.63, 3.8) is 0 Å². The molecule has 0 saturated carbocycles. The van der Waals surface area contributed by atoms with Crippen LogP contribution in [0.4, 0.5) is 11.4 Å². The Morgan fingerprint density at radius 1 is 1.15 bits per heavy atom. The van der Waals surface area contributed by atoms with E-state index >= 15 is 0 Å². The monoisotopic (exact) mass is 370 g/mol. The van der Waals surface area contributed by atoms with Crippen molar-refractivity contribution in [2.45, 2.75) is 13.0 Å². The summed E-state index contributed by atoms with van der Waals surface area (Å²) >= 11 is 1.15. The van der Waals surface area contributed by atoms with E-state index in [2.05, 4.69) is 5.32 Å². The predicted octanol–water partition coefficient (Wildman–Crippen LogP) is 3.99. The Morgan fingerprint density at radius 2 is 1.88 bits per heavy atom. The Bertz CT molecular complexity index is 984. The van der Waals surface area contributed by atoms with Crippen LogP contribution in [0, 0.1) is 10.1 Å². The molecule has 3 aromatic rings. The van der Waals surface area contributed by atoms with Crippen LogP contribution in [0.15, 0.2) is 54.6 Å². The van der Waals surface area contributed by atoms with E-state index < -0.39 is 22.9 Å². The lowest BCUT2D eigenvalue weighted by Crippen LogP contribution is -2.29. The van der Waals surface area contributed by atoms with Crippen LogP contribution in [0.3, 0.4) is 0 Å². The first-order valence-corrected chi connectivity index (χ1v) is 8.50. The molecule has 0 bridgehead atoms. The van der Waals surface area contributed by atoms with Crippen molar-refractivity contribution in [2.24, 2.45) is 0 Å². The Hall–Kier alpha value is -3.26. The molecule has 0 fully saturated rings. The van der Waals surface area contributed by atoms with Gasteiger partial charge in [0, 0.05) is 27.9 Å². The quantitative estimate of drug-likeness (QED) is 0.416. The predicted molar refractivity (Wildman–Crippen MR) is 98.4 cm³/mol. The van der Waals surface area contributed by atoms with Gasteiger partial charge in [0.25, 0.3) is 11.6 Å². The third-order valence-corrected chi connectivity index (χ3v) is 4.70. The number of carbonyl (C=O) groups excluding carboxylic acids is 2. The summed E-state index contributed by atoms with van der Waals surface area (Å²) in [6.45, 7) is 1.48. The van der Waals surface area contributed by atoms with Gasteiger partial charge < -0.3 is 10.1 Å². The molecule has 132 valence electrons. The molecule has 2 aromatic carbocycles. The maximum Gasteiger partial charge on any atom is 0.349 e. The van der Waals surface area contributed by atoms with Gasteiger partial charge in [-0.1, -0.05) is 18.2 Å². The number of carbonyl (C=O) groups is 2. The Kier molecular flexibility index (Phi) is 4.94. The lowest BCUT2D eigenvalue weighted by atomic mass is 10.2. The number of nitro benzene ring substituents is 1. The van der Waals surface area contributed by atoms with E-state index in [-0.39, 0.29) is 10.6 Å². The Balaban J connectivity index is 1.70. The normalized spacial score (nSPS) is 11.7. The number of hydrogen-bond donors (Lipinski definition) is 1. The minimum Gasteiger partial charge on any atom is -0.448 e. The fraction of sp³-hybridized carbons (Fsp3) is 0.111. The van der Waals surface area contributed by atoms with Gasteiger partial charge in [-0.05, 0) is 31.2 Å². The zero-order chi connectivity index (χ0) is 18.7. The smallest absolute Gasteiger partial charge is 0.349 e. The molecule has 0 aliphatic rings. The molecule has 3 rings (SSSR count). The fourth-order valence-electron chi connectivity index (χ4n) is 2.28. The van der Waals surface area contributed by atoms with E-state index in [1.165, 1.54) is 25.1 Å². The standard InChI is InChI=1S/C18H14N2O5S/c1-11(17(21)19-13-5-3-2-4-6-13)25-18(22)16-10-12-9-14(20(23)24)7-8-15(12)26-16/h2-11H,1H3,(H,19,21)/t11-/m1/s1. The second-order valence-corrected chi connectivity index (χ2v) is 6.58. The summed E-state index contributed by atoms with van der Waals surface area (Å²) in [5.74, 6) is -1.09. The highest BCUT2D eigenvalue weighted by Crippen LogP contribution is 2.29. The fourth-order valence-corrected chi connectivity index (χ4v) is 3.21. The van der Waals surface area contributed by atoms with Crippen molar-refractivity contribution in [1.29, 1.82) is 0 Å². The average molecular weight is 370 g/mol. The number of thiophene rings is 1. The van der Waals surface area contributed by atoms with Gasteiger partial charge in [-0.2, -0.15) is 0 Å². The zero-order valence-corrected chi connectivity index (χ0v) is 14.5. The SMILES string of the molecule is C[C@@H](OC(=O)c1cc2cc([N+](=O)[O-])ccc2s1)C(=O)Nc1ccccc1. The first-order valence-electron chi connectivity index (χ1n) is 7.69. The summed E-state index contributed by atoms with van der Waals surface area (Å²) < 4.78 is 5.93. The van der Waals surface area contributed by atoms with Crippen molar-refractivity contribution in [3.8, 4) is 0 Å². The van der Waals surface area contributed by atoms with E-state index in [0.29, 0.717) is 11.1 Å². The number of non-ortho nitro benzene ring substituents is 1. The van der Waals surface area contributed by atoms with Crippen LogP contribution in [0.1, 0.15) is 16.6 Å². The van der Waals surface area contributed by atoms with Gasteiger partial charge >= 0.3 is 5.97 Å². The molecule has 1 atom stereocenters. The lowest BCUT2D eigenvalue weighted by Gasteiger charge is -2.12. The van der Waals surface area contributed by atoms with Gasteiger partial charge in [0.1, 0.15) is 4.88 Å². The van der Waals surface area contributed by atoms with Crippen LogP contribution in [0.25, 0.3) is 10.1 Å². The molecule has 0 aliphatic carbocycles. The Labute approximate surface area is 152 Å². The topological polar surface area (TPSA) is 98.5 Å². The molecule has 0 aliphatic heterocycles. The maximum absolute atomic E-state index is 12.3. The van der Waals surface area contributed by atoms with E-state index in [0.717, 1.165) is 16.0 Å². The maximum atomic E-state index is 12.3. The molecule has 0 saturated heterocycles. The molecular weight excluding hydrogens is 356 g/mol. The number of benzene rings is 2. The van der Waals surface area contributed by atoms with Crippen molar-refractivity contribution >= 4 is 44.7 Å². The highest BCUT2D eigenvalue weighted by Gasteiger charge is 2.21. The van der Waals surface area contributed by atoms with Gasteiger partial charge in [-0.15, -0.1) is 11.3 Å². The summed E-state index contributed by atoms with van der Waals surface area (Å²) in [5, 5.41) is 14.1. The molecule has 1 amide bonds. The first-order chi connectivity index (χ1) is 12.4. The van der Waals surface area contributed by atoms with Crippen molar-refractivity contribution in [3.05, 3.63) is 69.6 Å². The van der Waals surface area contributed by atoms with Gasteiger partial charge in [0.05, 0.1) is 4.92 Å². The van der Waals surface area contributed by atoms with Gasteiger partial charge in [0.15, 0.2) is 6.10 Å². The zero-order valence-electron chi connectivity index (χ0n) is 13.7. The molecule has 8 heteroatoms. The molecule has 1 N–H and O–H groups in total. The van der Waals surface area contributed by atoms with Crippen molar-refractivity contribution < 1.29 is 19.2 Å². The number of nitro groups is 1. The number of esters is 1. The van der Waals surface area contributed by atoms with Crippen LogP contribution in [0.5, 0.6) is 0 Å². The number of para-hydroxylation sites is 1. The van der Waals surface area contributed by atoms with E-state index in [4.69, 9.17) is 4.74 Å². The highest BCUT2D eigenvalue weighted by atomic mass is 32.1. The molecule has 1 heterocycles. The molecule has 0 radical (unpaired) electrons. The number of fused-ring (bicyclic) bond motifs is 1. The lowest BCUT2D eigenvalue weighted by molar-refractivity contribution is -0.384. The van der Waals surface area contributed by atoms with E-state index in [1.54, 1.807) is 30.3 Å². The van der Waals surface area contributed by atoms with Gasteiger partial charge in [0.2, 0.25) is 0 Å². The highest BCUT2D eigenvalue weighted by molar-refractivity contribution is 7.20. The summed E-state index contributed by atoms with van der Waals surface area (Å²) in [6, 6.07) is 14.7. The van der Waals surface area contributed by atoms with Crippen LogP contribution in [-0.2, 0) is 9.53 Å². The second kappa shape index (κ2) is 7.32. The Morgan fingerprint density at radius 3 is 2.58 bits per heavy atom. The second-order valence-electron chi connectivity index (χ2n) is 5.49. The molecular formula is C18H14N2O5S. The average Bonchev–Trinajstić information content (AvgIpc) is 3.05. The summed E-state index contributed by atoms with van der Waals surface area (Å²) in [5.41, 5.74) is 0.556. The van der Waals surface area contributed by atoms with Crippen LogP contribution in [-0.4, -0.2) is 22.9 Å². The van der Waals surface area contributed by atoms with Crippen LogP contribution < -0.4 is 5.32 Å². The molecule has 26 heavy (non-hydrogen) atoms. The third-order valence-electron chi connectivity index (χ3n) is 3.61. The number of nitrogens with one attached hydrogen (secondary N) is 1. The number of nitrogens with zero attached hydrogens (tertiary/aromatic N) is 1. The molecule has 7 nitrogen and oxygen atoms in total. The summed E-state index contributed by atoms with van der Waals surface area (Å²) in [7, 11) is 0. The minimum atomic E-state index is -0.984. The van der Waals surface area contributed by atoms with Gasteiger partial charge in [-0.3, -0.25) is 14.9 Å². The number of ether oxygens (including phenoxy) is 1. The van der Waals surface area contributed by atoms with Crippen molar-refractivity contribution in [1.82, 2.24) is 0 Å². The summed E-state index contributed by atoms with van der Waals surface area (Å²) in [6.07, 6.45) is -0.984. The number of hydrogen-bond acceptors (Lipinski definition) is 6. The van der Waals surface area contributed by atoms with E-state index in [1.807, 2.05) is 6.07 Å². The molecule has 0 unspecified atom stereocenters. The van der Waals surface area contributed by atoms with Crippen LogP contribution >= 0.6 is 11.3 Å². The third kappa shape index (κ3) is 3.86. The number of rotatable bonds is 5. The molecule has 0 spiro atoms. The van der Waals surface area contributed by atoms with Gasteiger partial charge in [-0.25, -0.2) is 4.79 Å².